The summed E-state index contributed by atoms with van der Waals surface area (Å²) in [6.45, 7) is 11.6. The number of fused-ring (bicyclic) bond motifs is 6. The van der Waals surface area contributed by atoms with E-state index in [-0.39, 0.29) is 0 Å². The van der Waals surface area contributed by atoms with Gasteiger partial charge in [-0.25, -0.2) is 0 Å². The van der Waals surface area contributed by atoms with Crippen LogP contribution in [0.1, 0.15) is 233 Å². The number of hydrogen-bond donors (Lipinski definition) is 0. The summed E-state index contributed by atoms with van der Waals surface area (Å²) in [5, 5.41) is 6.03. The quantitative estimate of drug-likeness (QED) is 0.0366. The highest BCUT2D eigenvalue weighted by molar-refractivity contribution is 5.82. The van der Waals surface area contributed by atoms with Crippen LogP contribution in [0.25, 0.3) is 43.1 Å². The van der Waals surface area contributed by atoms with Gasteiger partial charge in [-0.05, 0) is 159 Å². The molecule has 0 unspecified atom stereocenters. The largest absolute Gasteiger partial charge is 0.494 e. The summed E-state index contributed by atoms with van der Waals surface area (Å²) >= 11 is 0. The van der Waals surface area contributed by atoms with Crippen LogP contribution < -0.4 is 18.9 Å². The second-order valence-corrected chi connectivity index (χ2v) is 22.1. The maximum atomic E-state index is 6.45. The van der Waals surface area contributed by atoms with E-state index in [0.29, 0.717) is 26.4 Å². The van der Waals surface area contributed by atoms with Crippen molar-refractivity contribution in [1.29, 1.82) is 0 Å². The Morgan fingerprint density at radius 3 is 0.857 bits per heavy atom. The molecule has 0 aliphatic carbocycles. The molecule has 0 fully saturated rings. The molecule has 440 valence electrons. The highest BCUT2D eigenvalue weighted by atomic mass is 16.5. The lowest BCUT2D eigenvalue weighted by molar-refractivity contribution is 0.304. The number of ether oxygens (including phenoxy) is 4. The summed E-state index contributed by atoms with van der Waals surface area (Å²) in [6.07, 6.45) is 39.5. The van der Waals surface area contributed by atoms with Crippen LogP contribution in [0, 0.1) is 97.1 Å². The molecular formula is C80H96O4. The van der Waals surface area contributed by atoms with Crippen molar-refractivity contribution in [3.63, 3.8) is 0 Å². The van der Waals surface area contributed by atoms with Crippen LogP contribution in [-0.4, -0.2) is 26.4 Å². The summed E-state index contributed by atoms with van der Waals surface area (Å²) in [4.78, 5) is 0. The van der Waals surface area contributed by atoms with Crippen LogP contribution in [0.2, 0.25) is 0 Å². The molecule has 4 bridgehead atoms. The van der Waals surface area contributed by atoms with Gasteiger partial charge in [0.1, 0.15) is 23.0 Å². The number of benzene rings is 4. The van der Waals surface area contributed by atoms with Gasteiger partial charge in [0, 0.05) is 32.3 Å². The van der Waals surface area contributed by atoms with Gasteiger partial charge in [-0.15, -0.1) is 0 Å². The van der Waals surface area contributed by atoms with Gasteiger partial charge in [0.05, 0.1) is 37.2 Å². The molecule has 4 nitrogen and oxygen atoms in total. The monoisotopic (exact) mass is 1120 g/mol. The average Bonchev–Trinajstić information content (AvgIpc) is 3.70. The Bertz CT molecular complexity index is 2660. The summed E-state index contributed by atoms with van der Waals surface area (Å²) in [7, 11) is 0. The summed E-state index contributed by atoms with van der Waals surface area (Å²) in [6, 6.07) is 74.6. The normalized spacial score (nSPS) is 10.1. The molecule has 5 rings (SSSR count). The van der Waals surface area contributed by atoms with Crippen molar-refractivity contribution >= 4 is 43.1 Å². The Balaban J connectivity index is 1.54. The molecule has 5 aromatic rings. The first-order chi connectivity index (χ1) is 41.6. The fourth-order valence-corrected chi connectivity index (χ4v) is 9.80. The minimum Gasteiger partial charge on any atom is -0.494 e. The minimum atomic E-state index is 0.614. The molecular weight excluding hydrogens is 1020 g/mol. The molecule has 5 aromatic carbocycles. The van der Waals surface area contributed by atoms with Crippen molar-refractivity contribution in [1.82, 2.24) is 0 Å². The number of unbranched alkanes of at least 4 members (excludes halogenated alkanes) is 28. The Kier molecular flexibility index (Phi) is 36.1. The van der Waals surface area contributed by atoms with E-state index in [1.807, 2.05) is 72.8 Å². The second-order valence-electron chi connectivity index (χ2n) is 22.1. The zero-order valence-corrected chi connectivity index (χ0v) is 52.0. The fourth-order valence-electron chi connectivity index (χ4n) is 9.80. The smallest absolute Gasteiger partial charge is 0.135 e. The lowest BCUT2D eigenvalue weighted by Crippen LogP contribution is -1.97. The predicted molar refractivity (Wildman–Crippen MR) is 350 cm³/mol. The molecule has 0 N–H and O–H groups in total. The molecule has 0 heterocycles. The average molecular weight is 1120 g/mol. The van der Waals surface area contributed by atoms with Crippen LogP contribution in [0.5, 0.6) is 23.0 Å². The van der Waals surface area contributed by atoms with E-state index >= 15 is 0 Å². The van der Waals surface area contributed by atoms with E-state index in [2.05, 4.69) is 125 Å². The van der Waals surface area contributed by atoms with Gasteiger partial charge in [0.2, 0.25) is 0 Å². The third kappa shape index (κ3) is 29.7. The van der Waals surface area contributed by atoms with Gasteiger partial charge in [-0.3, -0.25) is 0 Å². The van der Waals surface area contributed by atoms with Gasteiger partial charge in [0.25, 0.3) is 0 Å². The van der Waals surface area contributed by atoms with Crippen molar-refractivity contribution < 1.29 is 18.9 Å². The molecule has 0 atom stereocenters. The standard InChI is InChI=1S/C80H96O4/c1-5-9-13-17-21-27-33-41-61-81-77-57-55-71-53-49-69-51-59-79(83-63-43-35-29-23-19-15-11-7-3)75(65-69)47-39-40-48-76-66-70(52-60-80(76)84-64-44-36-30-24-20-16-12-8-4)50-54-72-56-58-78(82-62-42-34-28-22-18-14-10-6-2)68-74(72)46-38-32-26-25-31-37-45-73(71)67-77/h51-52,55-60,65-68H,5-24,27-30,33-36,41-44,61-64H2,1-4H3. The van der Waals surface area contributed by atoms with Gasteiger partial charge in [-0.1, -0.05) is 244 Å². The molecule has 84 heavy (non-hydrogen) atoms. The zero-order chi connectivity index (χ0) is 59.0. The Morgan fingerprint density at radius 2 is 0.512 bits per heavy atom. The van der Waals surface area contributed by atoms with Crippen molar-refractivity contribution in [3.8, 4) is 23.0 Å². The first-order valence-electron chi connectivity index (χ1n) is 32.8. The molecule has 4 heteroatoms. The van der Waals surface area contributed by atoms with Crippen LogP contribution in [-0.2, 0) is 0 Å². The lowest BCUT2D eigenvalue weighted by atomic mass is 10.1. The Hall–Kier alpha value is -7.44. The minimum absolute atomic E-state index is 0.614. The second kappa shape index (κ2) is 45.1. The van der Waals surface area contributed by atoms with Gasteiger partial charge in [-0.2, -0.15) is 0 Å². The first kappa shape index (κ1) is 67.4. The summed E-state index contributed by atoms with van der Waals surface area (Å²) in [5.41, 5.74) is 0. The molecule has 0 aliphatic heterocycles. The first-order valence-corrected chi connectivity index (χ1v) is 32.8. The van der Waals surface area contributed by atoms with E-state index in [1.165, 1.54) is 154 Å². The summed E-state index contributed by atoms with van der Waals surface area (Å²) in [5.74, 6) is 2.95. The van der Waals surface area contributed by atoms with E-state index in [0.717, 1.165) is 117 Å². The predicted octanol–water partition coefficient (Wildman–Crippen LogP) is 22.2. The van der Waals surface area contributed by atoms with Crippen LogP contribution >= 0.6 is 0 Å². The zero-order valence-electron chi connectivity index (χ0n) is 52.0. The van der Waals surface area contributed by atoms with Crippen molar-refractivity contribution in [2.75, 3.05) is 26.4 Å². The molecule has 0 amide bonds. The van der Waals surface area contributed by atoms with Crippen LogP contribution in [0.3, 0.4) is 0 Å². The Labute approximate surface area is 511 Å². The van der Waals surface area contributed by atoms with E-state index in [1.54, 1.807) is 0 Å². The highest BCUT2D eigenvalue weighted by Crippen LogP contribution is 2.24. The van der Waals surface area contributed by atoms with Gasteiger partial charge < -0.3 is 18.9 Å². The highest BCUT2D eigenvalue weighted by Gasteiger charge is 2.03. The van der Waals surface area contributed by atoms with Crippen LogP contribution in [0.15, 0.2) is 72.8 Å². The fraction of sp³-hybridized carbons (Fsp3) is 0.500. The van der Waals surface area contributed by atoms with Gasteiger partial charge in [0.15, 0.2) is 0 Å². The molecule has 0 radical (unpaired) electrons. The van der Waals surface area contributed by atoms with E-state index in [4.69, 9.17) is 18.9 Å². The maximum Gasteiger partial charge on any atom is 0.135 e. The lowest BCUT2D eigenvalue weighted by Gasteiger charge is -2.07. The maximum absolute atomic E-state index is 6.45. The van der Waals surface area contributed by atoms with Gasteiger partial charge >= 0.3 is 0 Å². The summed E-state index contributed by atoms with van der Waals surface area (Å²) < 4.78 is 25.4. The third-order valence-electron chi connectivity index (χ3n) is 14.8. The number of rotatable bonds is 40. The van der Waals surface area contributed by atoms with Crippen molar-refractivity contribution in [3.05, 3.63) is 170 Å². The van der Waals surface area contributed by atoms with Crippen molar-refractivity contribution in [2.24, 2.45) is 0 Å². The molecule has 0 saturated heterocycles. The third-order valence-corrected chi connectivity index (χ3v) is 14.8. The van der Waals surface area contributed by atoms with E-state index < -0.39 is 0 Å². The SMILES string of the molecule is CCCCCCCCCCOc1ccc2c#cc3ccc(OCCCCCCCCCC)c(c#cc#cc4cc(c#cc5ccc(OCCCCCCCCCC)cc5c#cc#cc#cc#cc2c1)ccc4OCCCCCCCCCC)c3. The Morgan fingerprint density at radius 1 is 0.226 bits per heavy atom. The van der Waals surface area contributed by atoms with Crippen molar-refractivity contribution in [2.45, 2.75) is 233 Å². The van der Waals surface area contributed by atoms with E-state index in [9.17, 15) is 0 Å². The number of hydrogen-bond acceptors (Lipinski definition) is 4. The topological polar surface area (TPSA) is 36.9 Å². The molecule has 0 aliphatic rings. The molecule has 0 aromatic heterocycles. The molecule has 0 saturated carbocycles. The van der Waals surface area contributed by atoms with Crippen LogP contribution in [0.4, 0.5) is 0 Å². The molecule has 0 spiro atoms.